The molecule has 0 amide bonds. The highest BCUT2D eigenvalue weighted by molar-refractivity contribution is 5.86. The molecule has 1 N–H and O–H groups in total. The fraction of sp³-hybridized carbons (Fsp3) is 0.231. The molecule has 0 aliphatic carbocycles. The Morgan fingerprint density at radius 3 is 2.80 bits per heavy atom. The molecule has 3 rings (SSSR count). The number of aromatic nitrogens is 5. The first kappa shape index (κ1) is 12.3. The van der Waals surface area contributed by atoms with Crippen LogP contribution < -0.4 is 0 Å². The quantitative estimate of drug-likeness (QED) is 0.775. The second kappa shape index (κ2) is 4.44. The summed E-state index contributed by atoms with van der Waals surface area (Å²) in [6, 6.07) is 3.94. The van der Waals surface area contributed by atoms with Crippen LogP contribution in [0.2, 0.25) is 0 Å². The number of carboxylic acids is 1. The smallest absolute Gasteiger partial charge is 0.358 e. The molecule has 3 aromatic heterocycles. The molecule has 0 saturated carbocycles. The lowest BCUT2D eigenvalue weighted by Crippen LogP contribution is -2.06. The van der Waals surface area contributed by atoms with E-state index in [4.69, 9.17) is 5.11 Å². The summed E-state index contributed by atoms with van der Waals surface area (Å²) in [7, 11) is 0. The molecule has 7 nitrogen and oxygen atoms in total. The van der Waals surface area contributed by atoms with Crippen LogP contribution in [0.5, 0.6) is 0 Å². The number of carbonyl (C=O) groups is 1. The van der Waals surface area contributed by atoms with Crippen molar-refractivity contribution in [1.82, 2.24) is 24.4 Å². The van der Waals surface area contributed by atoms with Gasteiger partial charge in [-0.15, -0.1) is 5.10 Å². The van der Waals surface area contributed by atoms with E-state index in [0.29, 0.717) is 12.2 Å². The molecular weight excluding hydrogens is 258 g/mol. The molecule has 3 heterocycles. The number of carboxylic acid groups (broad SMARTS) is 1. The van der Waals surface area contributed by atoms with Crippen LogP contribution in [-0.2, 0) is 6.54 Å². The Morgan fingerprint density at radius 2 is 2.10 bits per heavy atom. The van der Waals surface area contributed by atoms with Gasteiger partial charge >= 0.3 is 5.97 Å². The molecule has 3 aromatic rings. The Balaban J connectivity index is 1.95. The number of fused-ring (bicyclic) bond motifs is 1. The predicted octanol–water partition coefficient (Wildman–Crippen LogP) is 1.29. The van der Waals surface area contributed by atoms with Gasteiger partial charge < -0.3 is 9.51 Å². The summed E-state index contributed by atoms with van der Waals surface area (Å²) in [5.41, 5.74) is 3.30. The Hall–Kier alpha value is -2.70. The number of aryl methyl sites for hydroxylation is 1. The largest absolute Gasteiger partial charge is 0.476 e. The minimum atomic E-state index is -1.07. The molecule has 0 aliphatic heterocycles. The number of nitrogens with zero attached hydrogens (tertiary/aromatic N) is 5. The lowest BCUT2D eigenvalue weighted by atomic mass is 10.3. The number of aromatic carboxylic acids is 1. The monoisotopic (exact) mass is 271 g/mol. The highest BCUT2D eigenvalue weighted by Crippen LogP contribution is 2.10. The Morgan fingerprint density at radius 1 is 1.30 bits per heavy atom. The van der Waals surface area contributed by atoms with E-state index < -0.39 is 5.97 Å². The summed E-state index contributed by atoms with van der Waals surface area (Å²) in [5, 5.41) is 16.5. The van der Waals surface area contributed by atoms with Gasteiger partial charge in [0.15, 0.2) is 5.69 Å². The zero-order valence-electron chi connectivity index (χ0n) is 11.1. The van der Waals surface area contributed by atoms with Crippen molar-refractivity contribution in [3.63, 3.8) is 0 Å². The molecule has 0 atom stereocenters. The Bertz CT molecular complexity index is 802. The van der Waals surface area contributed by atoms with Crippen LogP contribution >= 0.6 is 0 Å². The van der Waals surface area contributed by atoms with Crippen molar-refractivity contribution in [1.29, 1.82) is 0 Å². The van der Waals surface area contributed by atoms with E-state index >= 15 is 0 Å². The van der Waals surface area contributed by atoms with Crippen molar-refractivity contribution >= 4 is 11.6 Å². The minimum absolute atomic E-state index is 0.0235. The van der Waals surface area contributed by atoms with Gasteiger partial charge in [-0.3, -0.25) is 0 Å². The van der Waals surface area contributed by atoms with Crippen molar-refractivity contribution in [3.05, 3.63) is 47.2 Å². The number of pyridine rings is 1. The molecule has 102 valence electrons. The van der Waals surface area contributed by atoms with Crippen molar-refractivity contribution in [3.8, 4) is 0 Å². The Labute approximate surface area is 114 Å². The maximum absolute atomic E-state index is 10.9. The fourth-order valence-electron chi connectivity index (χ4n) is 2.09. The number of hydrogen-bond donors (Lipinski definition) is 1. The normalized spacial score (nSPS) is 11.1. The maximum atomic E-state index is 10.9. The van der Waals surface area contributed by atoms with Gasteiger partial charge in [-0.05, 0) is 25.5 Å². The van der Waals surface area contributed by atoms with Crippen molar-refractivity contribution in [2.45, 2.75) is 20.4 Å². The maximum Gasteiger partial charge on any atom is 0.358 e. The van der Waals surface area contributed by atoms with Crippen molar-refractivity contribution in [2.24, 2.45) is 0 Å². The summed E-state index contributed by atoms with van der Waals surface area (Å²) in [5.74, 6) is -1.07. The Kier molecular flexibility index (Phi) is 2.74. The molecule has 0 aromatic carbocycles. The molecular formula is C13H13N5O2. The molecule has 0 bridgehead atoms. The van der Waals surface area contributed by atoms with Crippen LogP contribution in [0.25, 0.3) is 5.65 Å². The second-order valence-electron chi connectivity index (χ2n) is 4.69. The molecule has 7 heteroatoms. The zero-order valence-corrected chi connectivity index (χ0v) is 11.1. The highest BCUT2D eigenvalue weighted by atomic mass is 16.4. The molecule has 0 spiro atoms. The zero-order chi connectivity index (χ0) is 14.3. The van der Waals surface area contributed by atoms with E-state index in [9.17, 15) is 4.79 Å². The molecule has 0 unspecified atom stereocenters. The van der Waals surface area contributed by atoms with Crippen LogP contribution in [0.3, 0.4) is 0 Å². The van der Waals surface area contributed by atoms with Gasteiger partial charge in [0, 0.05) is 12.4 Å². The van der Waals surface area contributed by atoms with Crippen LogP contribution in [0.1, 0.15) is 27.4 Å². The lowest BCUT2D eigenvalue weighted by molar-refractivity contribution is 0.0689. The van der Waals surface area contributed by atoms with Gasteiger partial charge in [0.05, 0.1) is 17.9 Å². The second-order valence-corrected chi connectivity index (χ2v) is 4.69. The van der Waals surface area contributed by atoms with Gasteiger partial charge in [-0.2, -0.15) is 0 Å². The lowest BCUT2D eigenvalue weighted by Gasteiger charge is -1.99. The summed E-state index contributed by atoms with van der Waals surface area (Å²) in [6.07, 6.45) is 3.90. The summed E-state index contributed by atoms with van der Waals surface area (Å²) in [4.78, 5) is 15.4. The fourth-order valence-corrected chi connectivity index (χ4v) is 2.09. The minimum Gasteiger partial charge on any atom is -0.476 e. The first-order valence-electron chi connectivity index (χ1n) is 6.12. The number of hydrogen-bond acceptors (Lipinski definition) is 4. The van der Waals surface area contributed by atoms with E-state index in [-0.39, 0.29) is 5.69 Å². The number of rotatable bonds is 3. The van der Waals surface area contributed by atoms with Crippen molar-refractivity contribution < 1.29 is 9.90 Å². The standard InChI is InChI=1S/C13H13N5O2/c1-8-3-4-11-14-10(6-17(11)5-8)7-18-9(2)12(13(19)20)15-16-18/h3-6H,7H2,1-2H3,(H,19,20). The van der Waals surface area contributed by atoms with Crippen LogP contribution in [0.15, 0.2) is 24.5 Å². The SMILES string of the molecule is Cc1ccc2nc(Cn3nnc(C(=O)O)c3C)cn2c1. The van der Waals surface area contributed by atoms with Gasteiger partial charge in [-0.25, -0.2) is 14.5 Å². The third kappa shape index (κ3) is 2.03. The molecule has 0 fully saturated rings. The first-order valence-corrected chi connectivity index (χ1v) is 6.12. The van der Waals surface area contributed by atoms with E-state index in [1.165, 1.54) is 4.68 Å². The van der Waals surface area contributed by atoms with Crippen molar-refractivity contribution in [2.75, 3.05) is 0 Å². The third-order valence-electron chi connectivity index (χ3n) is 3.15. The summed E-state index contributed by atoms with van der Waals surface area (Å²) >= 11 is 0. The van der Waals surface area contributed by atoms with Gasteiger partial charge in [-0.1, -0.05) is 11.3 Å². The molecule has 20 heavy (non-hydrogen) atoms. The summed E-state index contributed by atoms with van der Waals surface area (Å²) in [6.45, 7) is 4.09. The summed E-state index contributed by atoms with van der Waals surface area (Å²) < 4.78 is 3.48. The molecule has 0 saturated heterocycles. The van der Waals surface area contributed by atoms with E-state index in [1.807, 2.05) is 35.9 Å². The van der Waals surface area contributed by atoms with E-state index in [2.05, 4.69) is 15.3 Å². The van der Waals surface area contributed by atoms with Crippen LogP contribution in [0.4, 0.5) is 0 Å². The van der Waals surface area contributed by atoms with Crippen LogP contribution in [0, 0.1) is 13.8 Å². The van der Waals surface area contributed by atoms with E-state index in [1.54, 1.807) is 6.92 Å². The predicted molar refractivity (Wildman–Crippen MR) is 70.7 cm³/mol. The highest BCUT2D eigenvalue weighted by Gasteiger charge is 2.15. The molecule has 0 aliphatic rings. The first-order chi connectivity index (χ1) is 9.54. The number of imidazole rings is 1. The average Bonchev–Trinajstić information content (AvgIpc) is 2.93. The van der Waals surface area contributed by atoms with Crippen LogP contribution in [-0.4, -0.2) is 35.5 Å². The van der Waals surface area contributed by atoms with E-state index in [0.717, 1.165) is 16.9 Å². The van der Waals surface area contributed by atoms with Gasteiger partial charge in [0.2, 0.25) is 0 Å². The van der Waals surface area contributed by atoms with Gasteiger partial charge in [0.1, 0.15) is 5.65 Å². The third-order valence-corrected chi connectivity index (χ3v) is 3.15. The topological polar surface area (TPSA) is 85.3 Å². The molecule has 0 radical (unpaired) electrons. The average molecular weight is 271 g/mol. The van der Waals surface area contributed by atoms with Gasteiger partial charge in [0.25, 0.3) is 0 Å².